The predicted molar refractivity (Wildman–Crippen MR) is 95.4 cm³/mol. The van der Waals surface area contributed by atoms with Gasteiger partial charge in [-0.05, 0) is 11.6 Å². The standard InChI is InChI=1S/C21H16N2O2/c1-25-21-18(14-22)17(13-20(24)16-10-6-3-7-11-16)12-19(23-21)15-8-4-2-5-9-15/h2-12H,13H2,1H3. The number of ketones is 1. The van der Waals surface area contributed by atoms with Crippen LogP contribution in [0, 0.1) is 11.3 Å². The predicted octanol–water partition coefficient (Wildman–Crippen LogP) is 4.05. The van der Waals surface area contributed by atoms with Gasteiger partial charge in [0.2, 0.25) is 5.88 Å². The first-order valence-electron chi connectivity index (χ1n) is 7.84. The minimum atomic E-state index is -0.0515. The molecule has 1 aromatic heterocycles. The van der Waals surface area contributed by atoms with E-state index in [1.165, 1.54) is 7.11 Å². The first kappa shape index (κ1) is 16.4. The molecule has 4 nitrogen and oxygen atoms in total. The molecule has 0 spiro atoms. The van der Waals surface area contributed by atoms with E-state index >= 15 is 0 Å². The van der Waals surface area contributed by atoms with Crippen molar-refractivity contribution in [3.8, 4) is 23.2 Å². The lowest BCUT2D eigenvalue weighted by molar-refractivity contribution is 0.0993. The van der Waals surface area contributed by atoms with Crippen molar-refractivity contribution >= 4 is 5.78 Å². The second kappa shape index (κ2) is 7.41. The van der Waals surface area contributed by atoms with Gasteiger partial charge in [0, 0.05) is 17.5 Å². The molecule has 0 atom stereocenters. The van der Waals surface area contributed by atoms with Crippen LogP contribution in [0.15, 0.2) is 66.7 Å². The number of nitrogens with zero attached hydrogens (tertiary/aromatic N) is 2. The highest BCUT2D eigenvalue weighted by Crippen LogP contribution is 2.27. The van der Waals surface area contributed by atoms with Crippen LogP contribution in [0.2, 0.25) is 0 Å². The molecule has 0 bridgehead atoms. The normalized spacial score (nSPS) is 10.1. The number of benzene rings is 2. The first-order valence-corrected chi connectivity index (χ1v) is 7.84. The Labute approximate surface area is 146 Å². The second-order valence-electron chi connectivity index (χ2n) is 5.49. The van der Waals surface area contributed by atoms with E-state index in [0.717, 1.165) is 5.56 Å². The summed E-state index contributed by atoms with van der Waals surface area (Å²) in [5.74, 6) is 0.184. The molecular weight excluding hydrogens is 312 g/mol. The van der Waals surface area contributed by atoms with Crippen molar-refractivity contribution in [1.29, 1.82) is 5.26 Å². The molecule has 1 heterocycles. The zero-order chi connectivity index (χ0) is 17.6. The molecule has 0 saturated heterocycles. The number of nitriles is 1. The van der Waals surface area contributed by atoms with Crippen molar-refractivity contribution in [2.45, 2.75) is 6.42 Å². The number of hydrogen-bond donors (Lipinski definition) is 0. The summed E-state index contributed by atoms with van der Waals surface area (Å²) >= 11 is 0. The fraction of sp³-hybridized carbons (Fsp3) is 0.0952. The van der Waals surface area contributed by atoms with Crippen molar-refractivity contribution in [2.24, 2.45) is 0 Å². The van der Waals surface area contributed by atoms with Crippen LogP contribution in [0.1, 0.15) is 21.5 Å². The lowest BCUT2D eigenvalue weighted by atomic mass is 9.98. The van der Waals surface area contributed by atoms with Gasteiger partial charge in [-0.25, -0.2) is 4.98 Å². The molecule has 4 heteroatoms. The highest BCUT2D eigenvalue weighted by Gasteiger charge is 2.17. The summed E-state index contributed by atoms with van der Waals surface area (Å²) in [6.07, 6.45) is 0.117. The van der Waals surface area contributed by atoms with Crippen LogP contribution < -0.4 is 4.74 Å². The zero-order valence-electron chi connectivity index (χ0n) is 13.8. The number of carbonyl (C=O) groups excluding carboxylic acids is 1. The van der Waals surface area contributed by atoms with Gasteiger partial charge in [0.05, 0.1) is 12.8 Å². The summed E-state index contributed by atoms with van der Waals surface area (Å²) < 4.78 is 5.28. The Morgan fingerprint density at radius 3 is 2.32 bits per heavy atom. The maximum Gasteiger partial charge on any atom is 0.232 e. The van der Waals surface area contributed by atoms with E-state index in [9.17, 15) is 10.1 Å². The van der Waals surface area contributed by atoms with E-state index in [2.05, 4.69) is 11.1 Å². The van der Waals surface area contributed by atoms with Gasteiger partial charge < -0.3 is 4.74 Å². The number of carbonyl (C=O) groups is 1. The summed E-state index contributed by atoms with van der Waals surface area (Å²) in [6.45, 7) is 0. The molecule has 0 aliphatic carbocycles. The molecule has 0 fully saturated rings. The second-order valence-corrected chi connectivity index (χ2v) is 5.49. The molecule has 2 aromatic carbocycles. The van der Waals surface area contributed by atoms with Crippen molar-refractivity contribution in [2.75, 3.05) is 7.11 Å². The Balaban J connectivity index is 2.05. The van der Waals surface area contributed by atoms with Gasteiger partial charge in [-0.2, -0.15) is 5.26 Å². The summed E-state index contributed by atoms with van der Waals surface area (Å²) in [5, 5.41) is 9.49. The number of aromatic nitrogens is 1. The quantitative estimate of drug-likeness (QED) is 0.663. The first-order chi connectivity index (χ1) is 12.2. The molecule has 0 aliphatic heterocycles. The summed E-state index contributed by atoms with van der Waals surface area (Å²) in [5.41, 5.74) is 3.10. The van der Waals surface area contributed by atoms with Crippen LogP contribution in [0.3, 0.4) is 0 Å². The third kappa shape index (κ3) is 3.56. The van der Waals surface area contributed by atoms with Gasteiger partial charge in [0.1, 0.15) is 11.6 Å². The van der Waals surface area contributed by atoms with Crippen molar-refractivity contribution < 1.29 is 9.53 Å². The summed E-state index contributed by atoms with van der Waals surface area (Å²) in [7, 11) is 1.47. The Hall–Kier alpha value is -3.45. The third-order valence-electron chi connectivity index (χ3n) is 3.89. The molecule has 0 aliphatic rings. The molecule has 3 rings (SSSR count). The Bertz CT molecular complexity index is 929. The van der Waals surface area contributed by atoms with E-state index < -0.39 is 0 Å². The van der Waals surface area contributed by atoms with E-state index in [1.54, 1.807) is 18.2 Å². The maximum atomic E-state index is 12.6. The number of pyridine rings is 1. The van der Waals surface area contributed by atoms with Crippen LogP contribution in [0.5, 0.6) is 5.88 Å². The van der Waals surface area contributed by atoms with Crippen molar-refractivity contribution in [1.82, 2.24) is 4.98 Å². The van der Waals surface area contributed by atoms with Gasteiger partial charge in [-0.15, -0.1) is 0 Å². The lowest BCUT2D eigenvalue weighted by Gasteiger charge is -2.11. The van der Waals surface area contributed by atoms with Gasteiger partial charge in [-0.1, -0.05) is 60.7 Å². The van der Waals surface area contributed by atoms with Crippen LogP contribution >= 0.6 is 0 Å². The van der Waals surface area contributed by atoms with Crippen LogP contribution in [-0.4, -0.2) is 17.9 Å². The Morgan fingerprint density at radius 2 is 1.72 bits per heavy atom. The van der Waals surface area contributed by atoms with Gasteiger partial charge >= 0.3 is 0 Å². The molecule has 122 valence electrons. The zero-order valence-corrected chi connectivity index (χ0v) is 13.8. The lowest BCUT2D eigenvalue weighted by Crippen LogP contribution is -2.07. The molecule has 3 aromatic rings. The molecule has 0 amide bonds. The van der Waals surface area contributed by atoms with Crippen molar-refractivity contribution in [3.63, 3.8) is 0 Å². The average molecular weight is 328 g/mol. The van der Waals surface area contributed by atoms with E-state index in [4.69, 9.17) is 4.74 Å². The monoisotopic (exact) mass is 328 g/mol. The van der Waals surface area contributed by atoms with E-state index in [1.807, 2.05) is 48.5 Å². The van der Waals surface area contributed by atoms with Crippen LogP contribution in [0.25, 0.3) is 11.3 Å². The molecule has 0 N–H and O–H groups in total. The fourth-order valence-electron chi connectivity index (χ4n) is 2.63. The third-order valence-corrected chi connectivity index (χ3v) is 3.89. The SMILES string of the molecule is COc1nc(-c2ccccc2)cc(CC(=O)c2ccccc2)c1C#N. The van der Waals surface area contributed by atoms with E-state index in [-0.39, 0.29) is 18.1 Å². The van der Waals surface area contributed by atoms with Gasteiger partial charge in [0.15, 0.2) is 5.78 Å². The Kier molecular flexibility index (Phi) is 4.87. The number of Topliss-reactive ketones (excluding diaryl/α,β-unsaturated/α-hetero) is 1. The molecule has 0 radical (unpaired) electrons. The average Bonchev–Trinajstić information content (AvgIpc) is 2.68. The smallest absolute Gasteiger partial charge is 0.232 e. The minimum Gasteiger partial charge on any atom is -0.480 e. The largest absolute Gasteiger partial charge is 0.480 e. The molecule has 0 saturated carbocycles. The molecular formula is C21H16N2O2. The molecule has 0 unspecified atom stereocenters. The topological polar surface area (TPSA) is 63.0 Å². The minimum absolute atomic E-state index is 0.0515. The number of rotatable bonds is 5. The number of hydrogen-bond acceptors (Lipinski definition) is 4. The number of methoxy groups -OCH3 is 1. The summed E-state index contributed by atoms with van der Waals surface area (Å²) in [6, 6.07) is 22.5. The number of ether oxygens (including phenoxy) is 1. The summed E-state index contributed by atoms with van der Waals surface area (Å²) in [4.78, 5) is 17.0. The van der Waals surface area contributed by atoms with Crippen LogP contribution in [-0.2, 0) is 6.42 Å². The van der Waals surface area contributed by atoms with Crippen LogP contribution in [0.4, 0.5) is 0 Å². The van der Waals surface area contributed by atoms with Gasteiger partial charge in [-0.3, -0.25) is 4.79 Å². The maximum absolute atomic E-state index is 12.6. The fourth-order valence-corrected chi connectivity index (χ4v) is 2.63. The molecule has 25 heavy (non-hydrogen) atoms. The van der Waals surface area contributed by atoms with Crippen molar-refractivity contribution in [3.05, 3.63) is 83.4 Å². The Morgan fingerprint density at radius 1 is 1.08 bits per heavy atom. The van der Waals surface area contributed by atoms with E-state index in [0.29, 0.717) is 22.4 Å². The van der Waals surface area contributed by atoms with Gasteiger partial charge in [0.25, 0.3) is 0 Å². The highest BCUT2D eigenvalue weighted by molar-refractivity contribution is 5.98. The highest BCUT2D eigenvalue weighted by atomic mass is 16.5.